The highest BCUT2D eigenvalue weighted by molar-refractivity contribution is 5.99. The number of nitrogens with zero attached hydrogens (tertiary/aromatic N) is 1. The molecule has 0 N–H and O–H groups in total. The van der Waals surface area contributed by atoms with Crippen LogP contribution in [0.4, 0.5) is 17.1 Å². The fraction of sp³-hybridized carbons (Fsp3) is 0.115. The number of anilines is 3. The van der Waals surface area contributed by atoms with Gasteiger partial charge >= 0.3 is 0 Å². The lowest BCUT2D eigenvalue weighted by Gasteiger charge is -2.32. The number of hydrogen-bond acceptors (Lipinski definition) is 1. The molecule has 254 valence electrons. The van der Waals surface area contributed by atoms with Crippen molar-refractivity contribution in [3.63, 3.8) is 0 Å². The van der Waals surface area contributed by atoms with Crippen molar-refractivity contribution in [1.29, 1.82) is 0 Å². The lowest BCUT2D eigenvalue weighted by atomic mass is 9.78. The van der Waals surface area contributed by atoms with Gasteiger partial charge in [0.15, 0.2) is 0 Å². The summed E-state index contributed by atoms with van der Waals surface area (Å²) in [6.07, 6.45) is 0. The van der Waals surface area contributed by atoms with Crippen LogP contribution in [0.25, 0.3) is 55.3 Å². The van der Waals surface area contributed by atoms with E-state index in [0.29, 0.717) is 0 Å². The van der Waals surface area contributed by atoms with Gasteiger partial charge in [0.2, 0.25) is 0 Å². The van der Waals surface area contributed by atoms with Crippen molar-refractivity contribution < 1.29 is 0 Å². The van der Waals surface area contributed by atoms with E-state index in [2.05, 4.69) is 209 Å². The van der Waals surface area contributed by atoms with Crippen LogP contribution in [0, 0.1) is 0 Å². The molecule has 0 saturated carbocycles. The molecule has 0 heterocycles. The molecule has 10 rings (SSSR count). The summed E-state index contributed by atoms with van der Waals surface area (Å²) in [5.41, 5.74) is 19.0. The Kier molecular flexibility index (Phi) is 6.94. The van der Waals surface area contributed by atoms with E-state index in [4.69, 9.17) is 0 Å². The van der Waals surface area contributed by atoms with E-state index < -0.39 is 0 Å². The van der Waals surface area contributed by atoms with Crippen molar-refractivity contribution in [3.8, 4) is 44.5 Å². The third-order valence-electron chi connectivity index (χ3n) is 12.0. The summed E-state index contributed by atoms with van der Waals surface area (Å²) in [4.78, 5) is 2.50. The summed E-state index contributed by atoms with van der Waals surface area (Å²) >= 11 is 0. The molecule has 8 aromatic carbocycles. The number of fused-ring (bicyclic) bond motifs is 7. The maximum absolute atomic E-state index is 2.50. The van der Waals surface area contributed by atoms with Crippen LogP contribution in [0.15, 0.2) is 176 Å². The van der Waals surface area contributed by atoms with Gasteiger partial charge in [-0.1, -0.05) is 173 Å². The van der Waals surface area contributed by atoms with Crippen LogP contribution >= 0.6 is 0 Å². The maximum Gasteiger partial charge on any atom is 0.0540 e. The van der Waals surface area contributed by atoms with Gasteiger partial charge in [-0.3, -0.25) is 0 Å². The average Bonchev–Trinajstić information content (AvgIpc) is 3.58. The van der Waals surface area contributed by atoms with Gasteiger partial charge in [-0.2, -0.15) is 0 Å². The Bertz CT molecular complexity index is 2740. The predicted molar refractivity (Wildman–Crippen MR) is 225 cm³/mol. The Labute approximate surface area is 312 Å². The normalized spacial score (nSPS) is 14.3. The second-order valence-electron chi connectivity index (χ2n) is 15.7. The number of para-hydroxylation sites is 2. The fourth-order valence-corrected chi connectivity index (χ4v) is 9.48. The molecule has 53 heavy (non-hydrogen) atoms. The van der Waals surface area contributed by atoms with Crippen molar-refractivity contribution in [2.75, 3.05) is 4.90 Å². The lowest BCUT2D eigenvalue weighted by molar-refractivity contribution is 0.660. The van der Waals surface area contributed by atoms with E-state index in [1.54, 1.807) is 0 Å². The van der Waals surface area contributed by atoms with Crippen LogP contribution in [-0.2, 0) is 10.8 Å². The second-order valence-corrected chi connectivity index (χ2v) is 15.7. The monoisotopic (exact) mass is 679 g/mol. The van der Waals surface area contributed by atoms with E-state index in [1.807, 2.05) is 0 Å². The van der Waals surface area contributed by atoms with Crippen molar-refractivity contribution >= 4 is 27.8 Å². The van der Waals surface area contributed by atoms with E-state index >= 15 is 0 Å². The van der Waals surface area contributed by atoms with Crippen LogP contribution in [0.5, 0.6) is 0 Å². The largest absolute Gasteiger partial charge is 0.309 e. The van der Waals surface area contributed by atoms with Crippen LogP contribution in [0.1, 0.15) is 49.9 Å². The molecule has 0 aliphatic heterocycles. The van der Waals surface area contributed by atoms with Crippen LogP contribution in [0.3, 0.4) is 0 Å². The Morgan fingerprint density at radius 2 is 0.849 bits per heavy atom. The molecule has 1 nitrogen and oxygen atoms in total. The van der Waals surface area contributed by atoms with Crippen molar-refractivity contribution in [1.82, 2.24) is 0 Å². The first-order chi connectivity index (χ1) is 25.8. The highest BCUT2D eigenvalue weighted by Gasteiger charge is 2.38. The first-order valence-electron chi connectivity index (χ1n) is 18.8. The SMILES string of the molecule is CC1(C)c2ccccc2-c2ccc(-c3ccccc3N(c3ccc4ccccc4c3)c3ccccc3-c3cccc4c3C(C)(C)c3ccccc3-4)cc21. The molecule has 0 spiro atoms. The number of rotatable bonds is 5. The van der Waals surface area contributed by atoms with Crippen LogP contribution in [-0.4, -0.2) is 0 Å². The van der Waals surface area contributed by atoms with E-state index in [1.165, 1.54) is 77.5 Å². The molecule has 0 atom stereocenters. The molecule has 0 saturated heterocycles. The zero-order valence-electron chi connectivity index (χ0n) is 30.7. The number of hydrogen-bond donors (Lipinski definition) is 0. The predicted octanol–water partition coefficient (Wildman–Crippen LogP) is 14.3. The van der Waals surface area contributed by atoms with Crippen molar-refractivity contribution in [3.05, 3.63) is 198 Å². The quantitative estimate of drug-likeness (QED) is 0.175. The molecule has 8 aromatic rings. The zero-order chi connectivity index (χ0) is 35.9. The minimum Gasteiger partial charge on any atom is -0.309 e. The molecule has 0 radical (unpaired) electrons. The van der Waals surface area contributed by atoms with E-state index in [0.717, 1.165) is 17.1 Å². The fourth-order valence-electron chi connectivity index (χ4n) is 9.48. The highest BCUT2D eigenvalue weighted by atomic mass is 15.1. The summed E-state index contributed by atoms with van der Waals surface area (Å²) in [6.45, 7) is 9.49. The van der Waals surface area contributed by atoms with E-state index in [-0.39, 0.29) is 10.8 Å². The third kappa shape index (κ3) is 4.70. The molecule has 2 aliphatic carbocycles. The van der Waals surface area contributed by atoms with Gasteiger partial charge in [0.05, 0.1) is 11.4 Å². The third-order valence-corrected chi connectivity index (χ3v) is 12.0. The summed E-state index contributed by atoms with van der Waals surface area (Å²) in [6, 6.07) is 65.3. The smallest absolute Gasteiger partial charge is 0.0540 e. The Morgan fingerprint density at radius 1 is 0.340 bits per heavy atom. The Hall–Kier alpha value is -6.18. The minimum atomic E-state index is -0.143. The van der Waals surface area contributed by atoms with Gasteiger partial charge < -0.3 is 4.90 Å². The highest BCUT2D eigenvalue weighted by Crippen LogP contribution is 2.55. The Balaban J connectivity index is 1.21. The summed E-state index contributed by atoms with van der Waals surface area (Å²) < 4.78 is 0. The van der Waals surface area contributed by atoms with E-state index in [9.17, 15) is 0 Å². The molecular weight excluding hydrogens is 639 g/mol. The topological polar surface area (TPSA) is 3.24 Å². The van der Waals surface area contributed by atoms with Crippen molar-refractivity contribution in [2.45, 2.75) is 38.5 Å². The second kappa shape index (κ2) is 11.7. The zero-order valence-corrected chi connectivity index (χ0v) is 30.7. The van der Waals surface area contributed by atoms with Gasteiger partial charge in [-0.25, -0.2) is 0 Å². The Morgan fingerprint density at radius 3 is 1.58 bits per heavy atom. The van der Waals surface area contributed by atoms with Crippen LogP contribution < -0.4 is 4.90 Å². The molecule has 0 amide bonds. The first kappa shape index (κ1) is 31.5. The summed E-state index contributed by atoms with van der Waals surface area (Å²) in [5, 5.41) is 2.46. The molecule has 2 aliphatic rings. The van der Waals surface area contributed by atoms with Gasteiger partial charge in [0.25, 0.3) is 0 Å². The van der Waals surface area contributed by atoms with Gasteiger partial charge in [-0.05, 0) is 96.7 Å². The minimum absolute atomic E-state index is 0.0837. The molecule has 0 unspecified atom stereocenters. The van der Waals surface area contributed by atoms with Gasteiger partial charge in [0, 0.05) is 27.6 Å². The summed E-state index contributed by atoms with van der Waals surface area (Å²) in [7, 11) is 0. The molecule has 0 aromatic heterocycles. The number of benzene rings is 8. The van der Waals surface area contributed by atoms with Gasteiger partial charge in [-0.15, -0.1) is 0 Å². The first-order valence-corrected chi connectivity index (χ1v) is 18.8. The molecule has 1 heteroatoms. The van der Waals surface area contributed by atoms with Gasteiger partial charge in [0.1, 0.15) is 0 Å². The molecule has 0 fully saturated rings. The van der Waals surface area contributed by atoms with Crippen LogP contribution in [0.2, 0.25) is 0 Å². The lowest BCUT2D eigenvalue weighted by Crippen LogP contribution is -2.17. The molecule has 0 bridgehead atoms. The maximum atomic E-state index is 2.50. The van der Waals surface area contributed by atoms with Crippen molar-refractivity contribution in [2.24, 2.45) is 0 Å². The summed E-state index contributed by atoms with van der Waals surface area (Å²) in [5.74, 6) is 0. The standard InChI is InChI=1S/C52H41N/c1-51(2)45-24-11-7-19-39(45)41-31-29-36(33-47(41)51)38-18-9-13-26-48(38)53(37-30-28-34-16-5-6-17-35(34)32-37)49-27-14-10-21-42(49)44-23-15-22-43-40-20-8-12-25-46(40)52(3,4)50(43)44/h5-33H,1-4H3. The average molecular weight is 680 g/mol. The molecular formula is C52H41N.